The molecular weight excluding hydrogens is 249 g/mol. The predicted molar refractivity (Wildman–Crippen MR) is 54.1 cm³/mol. The van der Waals surface area contributed by atoms with Crippen molar-refractivity contribution in [2.24, 2.45) is 7.05 Å². The molecule has 0 radical (unpaired) electrons. The topological polar surface area (TPSA) is 30.7 Å². The molecule has 72 valence electrons. The van der Waals surface area contributed by atoms with Gasteiger partial charge in [0.05, 0.1) is 5.56 Å². The molecular formula is C9H7BrFN3. The van der Waals surface area contributed by atoms with Gasteiger partial charge < -0.3 is 0 Å². The summed E-state index contributed by atoms with van der Waals surface area (Å²) in [5.41, 5.74) is 0.403. The molecule has 1 aromatic carbocycles. The van der Waals surface area contributed by atoms with Gasteiger partial charge in [0.2, 0.25) is 0 Å². The number of hydrogen-bond donors (Lipinski definition) is 0. The number of hydrogen-bond acceptors (Lipinski definition) is 2. The minimum absolute atomic E-state index is 0.320. The fourth-order valence-corrected chi connectivity index (χ4v) is 1.49. The summed E-state index contributed by atoms with van der Waals surface area (Å²) in [6, 6.07) is 4.68. The van der Waals surface area contributed by atoms with Crippen LogP contribution in [0.1, 0.15) is 0 Å². The first-order chi connectivity index (χ1) is 6.66. The van der Waals surface area contributed by atoms with Crippen molar-refractivity contribution in [2.45, 2.75) is 0 Å². The van der Waals surface area contributed by atoms with Gasteiger partial charge in [0.1, 0.15) is 12.1 Å². The van der Waals surface area contributed by atoms with Gasteiger partial charge in [-0.2, -0.15) is 5.10 Å². The van der Waals surface area contributed by atoms with Crippen LogP contribution in [0.25, 0.3) is 11.4 Å². The van der Waals surface area contributed by atoms with Gasteiger partial charge in [-0.1, -0.05) is 15.9 Å². The van der Waals surface area contributed by atoms with Gasteiger partial charge in [0.15, 0.2) is 5.82 Å². The van der Waals surface area contributed by atoms with Crippen molar-refractivity contribution in [3.05, 3.63) is 34.8 Å². The van der Waals surface area contributed by atoms with Gasteiger partial charge in [-0.05, 0) is 18.2 Å². The zero-order valence-corrected chi connectivity index (χ0v) is 8.99. The second-order valence-corrected chi connectivity index (χ2v) is 3.78. The highest BCUT2D eigenvalue weighted by molar-refractivity contribution is 9.10. The molecule has 14 heavy (non-hydrogen) atoms. The summed E-state index contributed by atoms with van der Waals surface area (Å²) in [4.78, 5) is 3.98. The summed E-state index contributed by atoms with van der Waals surface area (Å²) in [5.74, 6) is 0.0747. The summed E-state index contributed by atoms with van der Waals surface area (Å²) in [7, 11) is 1.74. The third-order valence-corrected chi connectivity index (χ3v) is 2.26. The van der Waals surface area contributed by atoms with Crippen molar-refractivity contribution >= 4 is 15.9 Å². The highest BCUT2D eigenvalue weighted by atomic mass is 79.9. The Bertz CT molecular complexity index is 467. The van der Waals surface area contributed by atoms with E-state index in [2.05, 4.69) is 26.0 Å². The number of aromatic nitrogens is 3. The Morgan fingerprint density at radius 2 is 2.21 bits per heavy atom. The average Bonchev–Trinajstić information content (AvgIpc) is 2.56. The average molecular weight is 256 g/mol. The van der Waals surface area contributed by atoms with Crippen molar-refractivity contribution < 1.29 is 4.39 Å². The first-order valence-corrected chi connectivity index (χ1v) is 4.77. The third kappa shape index (κ3) is 1.68. The standard InChI is InChI=1S/C9H7BrFN3/c1-14-5-12-9(13-14)7-4-6(10)2-3-8(7)11/h2-5H,1H3. The molecule has 0 fully saturated rings. The number of rotatable bonds is 1. The Hall–Kier alpha value is -1.23. The second-order valence-electron chi connectivity index (χ2n) is 2.87. The molecule has 3 nitrogen and oxygen atoms in total. The van der Waals surface area contributed by atoms with Crippen LogP contribution in [-0.4, -0.2) is 14.8 Å². The van der Waals surface area contributed by atoms with Crippen LogP contribution < -0.4 is 0 Å². The minimum Gasteiger partial charge on any atom is -0.255 e. The van der Waals surface area contributed by atoms with Crippen LogP contribution in [0.4, 0.5) is 4.39 Å². The molecule has 0 bridgehead atoms. The summed E-state index contributed by atoms with van der Waals surface area (Å²) in [6.07, 6.45) is 1.54. The van der Waals surface area contributed by atoms with Crippen LogP contribution in [0.2, 0.25) is 0 Å². The Labute approximate surface area is 88.7 Å². The van der Waals surface area contributed by atoms with E-state index in [0.717, 1.165) is 4.47 Å². The Balaban J connectivity index is 2.55. The van der Waals surface area contributed by atoms with Crippen molar-refractivity contribution in [3.8, 4) is 11.4 Å². The zero-order chi connectivity index (χ0) is 10.1. The van der Waals surface area contributed by atoms with E-state index in [9.17, 15) is 4.39 Å². The summed E-state index contributed by atoms with van der Waals surface area (Å²) < 4.78 is 15.7. The van der Waals surface area contributed by atoms with Crippen LogP contribution in [0, 0.1) is 5.82 Å². The Morgan fingerprint density at radius 3 is 2.86 bits per heavy atom. The van der Waals surface area contributed by atoms with Crippen molar-refractivity contribution in [1.29, 1.82) is 0 Å². The molecule has 0 saturated carbocycles. The van der Waals surface area contributed by atoms with E-state index in [1.165, 1.54) is 17.1 Å². The highest BCUT2D eigenvalue weighted by Gasteiger charge is 2.09. The Kier molecular flexibility index (Phi) is 2.33. The van der Waals surface area contributed by atoms with Gasteiger partial charge in [-0.25, -0.2) is 9.37 Å². The lowest BCUT2D eigenvalue weighted by atomic mass is 10.2. The van der Waals surface area contributed by atoms with E-state index in [0.29, 0.717) is 11.4 Å². The number of halogens is 2. The molecule has 1 aromatic heterocycles. The van der Waals surface area contributed by atoms with E-state index < -0.39 is 0 Å². The van der Waals surface area contributed by atoms with Crippen LogP contribution in [0.15, 0.2) is 29.0 Å². The van der Waals surface area contributed by atoms with E-state index >= 15 is 0 Å². The van der Waals surface area contributed by atoms with Gasteiger partial charge in [0.25, 0.3) is 0 Å². The third-order valence-electron chi connectivity index (χ3n) is 1.77. The molecule has 0 aliphatic heterocycles. The predicted octanol–water partition coefficient (Wildman–Crippen LogP) is 2.38. The molecule has 0 spiro atoms. The lowest BCUT2D eigenvalue weighted by Crippen LogP contribution is -1.90. The van der Waals surface area contributed by atoms with Crippen molar-refractivity contribution in [2.75, 3.05) is 0 Å². The monoisotopic (exact) mass is 255 g/mol. The van der Waals surface area contributed by atoms with Crippen LogP contribution in [0.3, 0.4) is 0 Å². The summed E-state index contributed by atoms with van der Waals surface area (Å²) in [5, 5.41) is 4.03. The van der Waals surface area contributed by atoms with Crippen molar-refractivity contribution in [3.63, 3.8) is 0 Å². The first kappa shape index (κ1) is 9.33. The summed E-state index contributed by atoms with van der Waals surface area (Å²) >= 11 is 3.27. The van der Waals surface area contributed by atoms with E-state index in [1.54, 1.807) is 19.2 Å². The molecule has 0 aliphatic rings. The number of benzene rings is 1. The fourth-order valence-electron chi connectivity index (χ4n) is 1.13. The summed E-state index contributed by atoms with van der Waals surface area (Å²) in [6.45, 7) is 0. The molecule has 1 heterocycles. The van der Waals surface area contributed by atoms with E-state index in [-0.39, 0.29) is 5.82 Å². The lowest BCUT2D eigenvalue weighted by molar-refractivity contribution is 0.629. The molecule has 0 atom stereocenters. The van der Waals surface area contributed by atoms with Gasteiger partial charge in [-0.3, -0.25) is 4.68 Å². The molecule has 2 rings (SSSR count). The molecule has 5 heteroatoms. The first-order valence-electron chi connectivity index (χ1n) is 3.98. The maximum Gasteiger partial charge on any atom is 0.184 e. The SMILES string of the molecule is Cn1cnc(-c2cc(Br)ccc2F)n1. The molecule has 0 unspecified atom stereocenters. The molecule has 0 N–H and O–H groups in total. The molecule has 2 aromatic rings. The van der Waals surface area contributed by atoms with Crippen LogP contribution >= 0.6 is 15.9 Å². The van der Waals surface area contributed by atoms with Crippen molar-refractivity contribution in [1.82, 2.24) is 14.8 Å². The fraction of sp³-hybridized carbons (Fsp3) is 0.111. The smallest absolute Gasteiger partial charge is 0.184 e. The molecule has 0 saturated heterocycles. The minimum atomic E-state index is -0.320. The number of nitrogens with zero attached hydrogens (tertiary/aromatic N) is 3. The van der Waals surface area contributed by atoms with Gasteiger partial charge in [-0.15, -0.1) is 0 Å². The van der Waals surface area contributed by atoms with E-state index in [4.69, 9.17) is 0 Å². The highest BCUT2D eigenvalue weighted by Crippen LogP contribution is 2.22. The van der Waals surface area contributed by atoms with Crippen LogP contribution in [0.5, 0.6) is 0 Å². The second kappa shape index (κ2) is 3.49. The van der Waals surface area contributed by atoms with Crippen LogP contribution in [-0.2, 0) is 7.05 Å². The lowest BCUT2D eigenvalue weighted by Gasteiger charge is -1.98. The van der Waals surface area contributed by atoms with Gasteiger partial charge in [0, 0.05) is 11.5 Å². The number of aryl methyl sites for hydroxylation is 1. The maximum atomic E-state index is 13.4. The zero-order valence-electron chi connectivity index (χ0n) is 7.41. The van der Waals surface area contributed by atoms with E-state index in [1.807, 2.05) is 0 Å². The largest absolute Gasteiger partial charge is 0.255 e. The van der Waals surface area contributed by atoms with Gasteiger partial charge >= 0.3 is 0 Å². The maximum absolute atomic E-state index is 13.4. The molecule has 0 amide bonds. The Morgan fingerprint density at radius 1 is 1.43 bits per heavy atom. The normalized spacial score (nSPS) is 10.5. The molecule has 0 aliphatic carbocycles. The quantitative estimate of drug-likeness (QED) is 0.784.